The van der Waals surface area contributed by atoms with Crippen molar-refractivity contribution in [1.82, 2.24) is 15.3 Å². The first-order valence-corrected chi connectivity index (χ1v) is 8.39. The molecule has 3 rings (SSSR count). The number of hydrogen-bond acceptors (Lipinski definition) is 5. The summed E-state index contributed by atoms with van der Waals surface area (Å²) in [7, 11) is 0. The van der Waals surface area contributed by atoms with Crippen LogP contribution in [0.2, 0.25) is 0 Å². The summed E-state index contributed by atoms with van der Waals surface area (Å²) >= 11 is 1.41. The van der Waals surface area contributed by atoms with Gasteiger partial charge < -0.3 is 10.1 Å². The van der Waals surface area contributed by atoms with Gasteiger partial charge >= 0.3 is 0 Å². The van der Waals surface area contributed by atoms with Crippen LogP contribution in [0.4, 0.5) is 0 Å². The van der Waals surface area contributed by atoms with Gasteiger partial charge in [0.2, 0.25) is 0 Å². The van der Waals surface area contributed by atoms with Gasteiger partial charge in [0.25, 0.3) is 5.91 Å². The number of aromatic nitrogens is 2. The molecule has 2 heterocycles. The summed E-state index contributed by atoms with van der Waals surface area (Å²) in [5, 5.41) is 5.34. The topological polar surface area (TPSA) is 64.1 Å². The van der Waals surface area contributed by atoms with Crippen LogP contribution < -0.4 is 10.1 Å². The summed E-state index contributed by atoms with van der Waals surface area (Å²) in [5.41, 5.74) is 2.54. The van der Waals surface area contributed by atoms with E-state index < -0.39 is 0 Å². The van der Waals surface area contributed by atoms with Crippen molar-refractivity contribution >= 4 is 17.2 Å². The number of nitrogens with zero attached hydrogens (tertiary/aromatic N) is 2. The molecule has 1 N–H and O–H groups in total. The number of aryl methyl sites for hydroxylation is 1. The van der Waals surface area contributed by atoms with Crippen LogP contribution in [0.5, 0.6) is 5.75 Å². The van der Waals surface area contributed by atoms with E-state index in [-0.39, 0.29) is 5.91 Å². The number of ether oxygens (including phenoxy) is 1. The van der Waals surface area contributed by atoms with Gasteiger partial charge in [0.15, 0.2) is 0 Å². The standard InChI is InChI=1S/C18H17N3O2S/c1-13-4-6-15(7-5-13)23-11-17-21-16(12-24-17)18(22)20-10-14-3-2-8-19-9-14/h2-9,12H,10-11H2,1H3,(H,20,22). The zero-order chi connectivity index (χ0) is 16.8. The van der Waals surface area contributed by atoms with E-state index in [4.69, 9.17) is 4.74 Å². The number of carbonyl (C=O) groups is 1. The summed E-state index contributed by atoms with van der Waals surface area (Å²) in [6.45, 7) is 2.81. The maximum atomic E-state index is 12.1. The molecule has 2 aromatic heterocycles. The third-order valence-electron chi connectivity index (χ3n) is 3.34. The van der Waals surface area contributed by atoms with Crippen molar-refractivity contribution in [2.75, 3.05) is 0 Å². The fourth-order valence-corrected chi connectivity index (χ4v) is 2.72. The van der Waals surface area contributed by atoms with Gasteiger partial charge in [-0.25, -0.2) is 4.98 Å². The molecule has 0 unspecified atom stereocenters. The van der Waals surface area contributed by atoms with Gasteiger partial charge in [-0.05, 0) is 30.7 Å². The highest BCUT2D eigenvalue weighted by atomic mass is 32.1. The fraction of sp³-hybridized carbons (Fsp3) is 0.167. The Kier molecular flexibility index (Phi) is 5.18. The zero-order valence-electron chi connectivity index (χ0n) is 13.2. The molecule has 24 heavy (non-hydrogen) atoms. The van der Waals surface area contributed by atoms with Gasteiger partial charge in [0.1, 0.15) is 23.1 Å². The lowest BCUT2D eigenvalue weighted by molar-refractivity contribution is 0.0946. The SMILES string of the molecule is Cc1ccc(OCc2nc(C(=O)NCc3cccnc3)cs2)cc1. The monoisotopic (exact) mass is 339 g/mol. The fourth-order valence-electron chi connectivity index (χ4n) is 2.04. The average Bonchev–Trinajstić information content (AvgIpc) is 3.09. The van der Waals surface area contributed by atoms with E-state index >= 15 is 0 Å². The molecule has 0 aliphatic heterocycles. The van der Waals surface area contributed by atoms with Gasteiger partial charge in [0.05, 0.1) is 0 Å². The van der Waals surface area contributed by atoms with E-state index in [9.17, 15) is 4.79 Å². The van der Waals surface area contributed by atoms with Crippen molar-refractivity contribution in [2.24, 2.45) is 0 Å². The molecule has 0 saturated heterocycles. The lowest BCUT2D eigenvalue weighted by Crippen LogP contribution is -2.23. The largest absolute Gasteiger partial charge is 0.486 e. The molecule has 0 fully saturated rings. The smallest absolute Gasteiger partial charge is 0.271 e. The molecule has 1 aromatic carbocycles. The minimum Gasteiger partial charge on any atom is -0.486 e. The molecule has 5 nitrogen and oxygen atoms in total. The predicted octanol–water partition coefficient (Wildman–Crippen LogP) is 3.36. The van der Waals surface area contributed by atoms with Crippen LogP contribution in [0.15, 0.2) is 54.2 Å². The summed E-state index contributed by atoms with van der Waals surface area (Å²) in [6.07, 6.45) is 3.42. The van der Waals surface area contributed by atoms with E-state index in [2.05, 4.69) is 15.3 Å². The molecular weight excluding hydrogens is 322 g/mol. The van der Waals surface area contributed by atoms with Crippen LogP contribution in [0.25, 0.3) is 0 Å². The second-order valence-electron chi connectivity index (χ2n) is 5.27. The normalized spacial score (nSPS) is 10.4. The molecule has 0 bridgehead atoms. The zero-order valence-corrected chi connectivity index (χ0v) is 14.0. The van der Waals surface area contributed by atoms with Crippen molar-refractivity contribution in [1.29, 1.82) is 0 Å². The van der Waals surface area contributed by atoms with E-state index in [0.717, 1.165) is 16.3 Å². The Bertz CT molecular complexity index is 801. The molecule has 122 valence electrons. The highest BCUT2D eigenvalue weighted by Gasteiger charge is 2.11. The Morgan fingerprint density at radius 3 is 2.83 bits per heavy atom. The van der Waals surface area contributed by atoms with E-state index in [1.165, 1.54) is 16.9 Å². The van der Waals surface area contributed by atoms with Crippen LogP contribution >= 0.6 is 11.3 Å². The minimum absolute atomic E-state index is 0.198. The molecule has 0 atom stereocenters. The lowest BCUT2D eigenvalue weighted by Gasteiger charge is -2.04. The van der Waals surface area contributed by atoms with Gasteiger partial charge in [-0.3, -0.25) is 9.78 Å². The number of amides is 1. The number of hydrogen-bond donors (Lipinski definition) is 1. The molecular formula is C18H17N3O2S. The first-order valence-electron chi connectivity index (χ1n) is 7.52. The van der Waals surface area contributed by atoms with Gasteiger partial charge in [0, 0.05) is 24.3 Å². The summed E-state index contributed by atoms with van der Waals surface area (Å²) in [4.78, 5) is 20.5. The Morgan fingerprint density at radius 1 is 1.25 bits per heavy atom. The van der Waals surface area contributed by atoms with Crippen molar-refractivity contribution in [2.45, 2.75) is 20.1 Å². The van der Waals surface area contributed by atoms with Crippen LogP contribution in [0.1, 0.15) is 26.6 Å². The second-order valence-corrected chi connectivity index (χ2v) is 6.21. The first-order chi connectivity index (χ1) is 11.7. The van der Waals surface area contributed by atoms with Crippen molar-refractivity contribution in [3.8, 4) is 5.75 Å². The van der Waals surface area contributed by atoms with E-state index in [1.807, 2.05) is 43.3 Å². The number of rotatable bonds is 6. The average molecular weight is 339 g/mol. The van der Waals surface area contributed by atoms with E-state index in [1.54, 1.807) is 17.8 Å². The lowest BCUT2D eigenvalue weighted by atomic mass is 10.2. The second kappa shape index (κ2) is 7.70. The molecule has 0 aliphatic rings. The Hall–Kier alpha value is -2.73. The summed E-state index contributed by atoms with van der Waals surface area (Å²) in [6, 6.07) is 11.6. The van der Waals surface area contributed by atoms with Crippen molar-refractivity contribution < 1.29 is 9.53 Å². The van der Waals surface area contributed by atoms with Gasteiger partial charge in [-0.15, -0.1) is 11.3 Å². The molecule has 6 heteroatoms. The number of pyridine rings is 1. The Balaban J connectivity index is 1.52. The van der Waals surface area contributed by atoms with Crippen molar-refractivity contribution in [3.05, 3.63) is 76.0 Å². The van der Waals surface area contributed by atoms with E-state index in [0.29, 0.717) is 18.8 Å². The van der Waals surface area contributed by atoms with Crippen LogP contribution in [-0.2, 0) is 13.2 Å². The van der Waals surface area contributed by atoms with Gasteiger partial charge in [-0.2, -0.15) is 0 Å². The number of benzene rings is 1. The minimum atomic E-state index is -0.198. The molecule has 0 aliphatic carbocycles. The summed E-state index contributed by atoms with van der Waals surface area (Å²) in [5.74, 6) is 0.593. The first kappa shape index (κ1) is 16.1. The Labute approximate surface area is 144 Å². The maximum Gasteiger partial charge on any atom is 0.271 e. The molecule has 0 radical (unpaired) electrons. The predicted molar refractivity (Wildman–Crippen MR) is 93.0 cm³/mol. The molecule has 1 amide bonds. The van der Waals surface area contributed by atoms with Crippen molar-refractivity contribution in [3.63, 3.8) is 0 Å². The maximum absolute atomic E-state index is 12.1. The third-order valence-corrected chi connectivity index (χ3v) is 4.17. The number of carbonyl (C=O) groups excluding carboxylic acids is 1. The highest BCUT2D eigenvalue weighted by molar-refractivity contribution is 7.09. The van der Waals surface area contributed by atoms with Crippen LogP contribution in [0, 0.1) is 6.92 Å². The molecule has 3 aromatic rings. The number of thiazole rings is 1. The van der Waals surface area contributed by atoms with Crippen LogP contribution in [-0.4, -0.2) is 15.9 Å². The quantitative estimate of drug-likeness (QED) is 0.748. The Morgan fingerprint density at radius 2 is 2.08 bits per heavy atom. The summed E-state index contributed by atoms with van der Waals surface area (Å²) < 4.78 is 5.68. The highest BCUT2D eigenvalue weighted by Crippen LogP contribution is 2.16. The third kappa shape index (κ3) is 4.39. The van der Waals surface area contributed by atoms with Crippen LogP contribution in [0.3, 0.4) is 0 Å². The molecule has 0 spiro atoms. The van der Waals surface area contributed by atoms with Gasteiger partial charge in [-0.1, -0.05) is 23.8 Å². The number of nitrogens with one attached hydrogen (secondary N) is 1. The molecule has 0 saturated carbocycles.